The van der Waals surface area contributed by atoms with Crippen LogP contribution in [0.1, 0.15) is 23.9 Å². The molecule has 0 radical (unpaired) electrons. The zero-order chi connectivity index (χ0) is 15.7. The van der Waals surface area contributed by atoms with Gasteiger partial charge in [0.2, 0.25) is 5.91 Å². The van der Waals surface area contributed by atoms with E-state index in [0.29, 0.717) is 5.75 Å². The zero-order valence-electron chi connectivity index (χ0n) is 12.5. The second-order valence-electron chi connectivity index (χ2n) is 5.07. The molecule has 0 bridgehead atoms. The summed E-state index contributed by atoms with van der Waals surface area (Å²) in [4.78, 5) is 24.9. The lowest BCUT2D eigenvalue weighted by atomic mass is 10.1. The number of thioether (sulfide) groups is 1. The van der Waals surface area contributed by atoms with E-state index in [1.807, 2.05) is 27.8 Å². The van der Waals surface area contributed by atoms with Gasteiger partial charge in [0.15, 0.2) is 0 Å². The molecule has 21 heavy (non-hydrogen) atoms. The minimum Gasteiger partial charge on any atom is -0.480 e. The number of carbonyl (C=O) groups is 2. The Bertz CT molecular complexity index is 609. The maximum Gasteiger partial charge on any atom is 0.327 e. The Morgan fingerprint density at radius 1 is 1.43 bits per heavy atom. The molecule has 2 atom stereocenters. The van der Waals surface area contributed by atoms with Crippen molar-refractivity contribution in [3.63, 3.8) is 0 Å². The minimum atomic E-state index is -0.956. The van der Waals surface area contributed by atoms with E-state index in [9.17, 15) is 14.7 Å². The van der Waals surface area contributed by atoms with Gasteiger partial charge < -0.3 is 10.0 Å². The second kappa shape index (κ2) is 5.93. The van der Waals surface area contributed by atoms with Crippen molar-refractivity contribution in [2.24, 2.45) is 7.05 Å². The molecule has 2 rings (SSSR count). The van der Waals surface area contributed by atoms with Crippen LogP contribution >= 0.6 is 11.8 Å². The Balaban J connectivity index is 2.20. The largest absolute Gasteiger partial charge is 0.480 e. The molecule has 1 fully saturated rings. The Morgan fingerprint density at radius 2 is 2.10 bits per heavy atom. The fraction of sp³-hybridized carbons (Fsp3) is 0.500. The fourth-order valence-corrected chi connectivity index (χ4v) is 3.61. The Kier molecular flexibility index (Phi) is 4.41. The number of carboxylic acid groups (broad SMARTS) is 1. The van der Waals surface area contributed by atoms with Crippen molar-refractivity contribution in [2.75, 3.05) is 5.75 Å². The summed E-state index contributed by atoms with van der Waals surface area (Å²) in [6.45, 7) is 5.66. The van der Waals surface area contributed by atoms with Crippen LogP contribution in [0.25, 0.3) is 6.08 Å². The number of carbonyl (C=O) groups excluding carboxylic acids is 1. The van der Waals surface area contributed by atoms with Crippen molar-refractivity contribution in [2.45, 2.75) is 32.2 Å². The van der Waals surface area contributed by atoms with Gasteiger partial charge in [0.05, 0.1) is 11.1 Å². The molecule has 7 heteroatoms. The van der Waals surface area contributed by atoms with Crippen LogP contribution in [-0.4, -0.2) is 48.8 Å². The quantitative estimate of drug-likeness (QED) is 0.855. The molecule has 1 aliphatic rings. The number of aliphatic carboxylic acids is 1. The molecular weight excluding hydrogens is 290 g/mol. The number of aromatic nitrogens is 2. The average molecular weight is 309 g/mol. The number of amides is 1. The molecule has 1 amide bonds. The number of hydrogen-bond donors (Lipinski definition) is 1. The van der Waals surface area contributed by atoms with E-state index < -0.39 is 12.0 Å². The van der Waals surface area contributed by atoms with Crippen LogP contribution < -0.4 is 0 Å². The molecule has 0 saturated carbocycles. The third kappa shape index (κ3) is 2.97. The molecule has 2 heterocycles. The van der Waals surface area contributed by atoms with Crippen molar-refractivity contribution in [1.29, 1.82) is 0 Å². The van der Waals surface area contributed by atoms with Crippen molar-refractivity contribution in [3.05, 3.63) is 23.0 Å². The number of carboxylic acids is 1. The van der Waals surface area contributed by atoms with Gasteiger partial charge >= 0.3 is 5.97 Å². The molecule has 0 aromatic carbocycles. The van der Waals surface area contributed by atoms with Gasteiger partial charge in [-0.2, -0.15) is 5.10 Å². The summed E-state index contributed by atoms with van der Waals surface area (Å²) in [7, 11) is 1.85. The molecule has 1 saturated heterocycles. The molecule has 1 aromatic rings. The molecule has 1 N–H and O–H groups in total. The van der Waals surface area contributed by atoms with Crippen LogP contribution in [-0.2, 0) is 16.6 Å². The first kappa shape index (κ1) is 15.6. The summed E-state index contributed by atoms with van der Waals surface area (Å²) in [6, 6.07) is -0.752. The van der Waals surface area contributed by atoms with Crippen molar-refractivity contribution < 1.29 is 14.7 Å². The highest BCUT2D eigenvalue weighted by Gasteiger charge is 2.38. The van der Waals surface area contributed by atoms with Gasteiger partial charge in [0.25, 0.3) is 0 Å². The van der Waals surface area contributed by atoms with Crippen LogP contribution in [0.4, 0.5) is 0 Å². The lowest BCUT2D eigenvalue weighted by Gasteiger charge is -2.23. The van der Waals surface area contributed by atoms with E-state index in [1.54, 1.807) is 10.8 Å². The molecule has 1 aliphatic heterocycles. The molecule has 0 spiro atoms. The SMILES string of the molecule is Cc1nn(C)c(C)c1C=CC(=O)N1C(C)SCC1C(=O)O. The highest BCUT2D eigenvalue weighted by molar-refractivity contribution is 8.00. The topological polar surface area (TPSA) is 75.4 Å². The van der Waals surface area contributed by atoms with Crippen LogP contribution in [0, 0.1) is 13.8 Å². The van der Waals surface area contributed by atoms with Gasteiger partial charge in [-0.25, -0.2) is 4.79 Å². The zero-order valence-corrected chi connectivity index (χ0v) is 13.3. The highest BCUT2D eigenvalue weighted by atomic mass is 32.2. The lowest BCUT2D eigenvalue weighted by molar-refractivity contribution is -0.147. The monoisotopic (exact) mass is 309 g/mol. The van der Waals surface area contributed by atoms with E-state index >= 15 is 0 Å². The third-order valence-corrected chi connectivity index (χ3v) is 4.94. The first-order valence-corrected chi connectivity index (χ1v) is 7.72. The average Bonchev–Trinajstić information content (AvgIpc) is 2.90. The molecule has 1 aromatic heterocycles. The van der Waals surface area contributed by atoms with Crippen molar-refractivity contribution in [3.8, 4) is 0 Å². The molecule has 0 aliphatic carbocycles. The summed E-state index contributed by atoms with van der Waals surface area (Å²) >= 11 is 1.48. The van der Waals surface area contributed by atoms with Crippen LogP contribution in [0.2, 0.25) is 0 Å². The van der Waals surface area contributed by atoms with Crippen molar-refractivity contribution in [1.82, 2.24) is 14.7 Å². The molecule has 2 unspecified atom stereocenters. The second-order valence-corrected chi connectivity index (χ2v) is 6.42. The Hall–Kier alpha value is -1.76. The Labute approximate surface area is 127 Å². The van der Waals surface area contributed by atoms with Crippen molar-refractivity contribution >= 4 is 29.7 Å². The molecular formula is C14H19N3O3S. The van der Waals surface area contributed by atoms with Gasteiger partial charge in [-0.05, 0) is 26.8 Å². The van der Waals surface area contributed by atoms with E-state index in [4.69, 9.17) is 0 Å². The van der Waals surface area contributed by atoms with Gasteiger partial charge in [-0.3, -0.25) is 9.48 Å². The fourth-order valence-electron chi connectivity index (χ4n) is 2.44. The molecule has 6 nitrogen and oxygen atoms in total. The summed E-state index contributed by atoms with van der Waals surface area (Å²) in [5.41, 5.74) is 2.71. The van der Waals surface area contributed by atoms with Gasteiger partial charge in [0, 0.05) is 30.1 Å². The summed E-state index contributed by atoms with van der Waals surface area (Å²) in [5.74, 6) is -0.800. The number of rotatable bonds is 3. The predicted octanol–water partition coefficient (Wildman–Crippen LogP) is 1.42. The maximum atomic E-state index is 12.3. The summed E-state index contributed by atoms with van der Waals surface area (Å²) in [5, 5.41) is 13.3. The first-order chi connectivity index (χ1) is 9.82. The summed E-state index contributed by atoms with van der Waals surface area (Å²) in [6.07, 6.45) is 3.16. The number of hydrogen-bond acceptors (Lipinski definition) is 4. The van der Waals surface area contributed by atoms with Gasteiger partial charge in [-0.15, -0.1) is 11.8 Å². The highest BCUT2D eigenvalue weighted by Crippen LogP contribution is 2.29. The maximum absolute atomic E-state index is 12.3. The van der Waals surface area contributed by atoms with E-state index in [0.717, 1.165) is 17.0 Å². The minimum absolute atomic E-state index is 0.126. The van der Waals surface area contributed by atoms with Gasteiger partial charge in [0.1, 0.15) is 6.04 Å². The van der Waals surface area contributed by atoms with Crippen LogP contribution in [0.15, 0.2) is 6.08 Å². The smallest absolute Gasteiger partial charge is 0.327 e. The van der Waals surface area contributed by atoms with E-state index in [-0.39, 0.29) is 11.3 Å². The van der Waals surface area contributed by atoms with E-state index in [2.05, 4.69) is 5.10 Å². The summed E-state index contributed by atoms with van der Waals surface area (Å²) < 4.78 is 1.76. The first-order valence-electron chi connectivity index (χ1n) is 6.68. The number of nitrogens with zero attached hydrogens (tertiary/aromatic N) is 3. The Morgan fingerprint density at radius 3 is 2.62 bits per heavy atom. The normalized spacial score (nSPS) is 22.2. The number of aryl methyl sites for hydroxylation is 2. The lowest BCUT2D eigenvalue weighted by Crippen LogP contribution is -2.43. The van der Waals surface area contributed by atoms with Gasteiger partial charge in [-0.1, -0.05) is 0 Å². The van der Waals surface area contributed by atoms with Crippen LogP contribution in [0.3, 0.4) is 0 Å². The standard InChI is InChI=1S/C14H19N3O3S/c1-8-11(9(2)16(4)15-8)5-6-13(18)17-10(3)21-7-12(17)14(19)20/h5-6,10,12H,7H2,1-4H3,(H,19,20). The van der Waals surface area contributed by atoms with Crippen LogP contribution in [0.5, 0.6) is 0 Å². The molecule has 114 valence electrons. The predicted molar refractivity (Wildman–Crippen MR) is 81.9 cm³/mol. The third-order valence-electron chi connectivity index (χ3n) is 3.72. The van der Waals surface area contributed by atoms with E-state index in [1.165, 1.54) is 22.7 Å².